The van der Waals surface area contributed by atoms with Gasteiger partial charge >= 0.3 is 12.1 Å². The van der Waals surface area contributed by atoms with E-state index in [0.29, 0.717) is 19.6 Å². The largest absolute Gasteiger partial charge is 0.376 e. The second-order valence-corrected chi connectivity index (χ2v) is 6.55. The summed E-state index contributed by atoms with van der Waals surface area (Å²) in [6, 6.07) is 9.21. The maximum Gasteiger partial charge on any atom is 0.319 e. The molecule has 1 aromatic rings. The van der Waals surface area contributed by atoms with Crippen LogP contribution >= 0.6 is 0 Å². The Labute approximate surface area is 148 Å². The number of carbonyl (C=O) groups excluding carboxylic acids is 2. The van der Waals surface area contributed by atoms with Gasteiger partial charge in [-0.3, -0.25) is 0 Å². The Morgan fingerprint density at radius 3 is 2.56 bits per heavy atom. The molecule has 0 aliphatic carbocycles. The highest BCUT2D eigenvalue weighted by molar-refractivity contribution is 5.89. The number of hydrogen-bond donors (Lipinski definition) is 3. The highest BCUT2D eigenvalue weighted by Gasteiger charge is 2.24. The van der Waals surface area contributed by atoms with Crippen molar-refractivity contribution in [2.45, 2.75) is 37.8 Å². The first-order valence-electron chi connectivity index (χ1n) is 8.97. The second kappa shape index (κ2) is 8.71. The van der Waals surface area contributed by atoms with Crippen molar-refractivity contribution in [3.05, 3.63) is 30.3 Å². The van der Waals surface area contributed by atoms with Crippen molar-refractivity contribution in [2.75, 3.05) is 31.6 Å². The number of likely N-dealkylation sites (tertiary alicyclic amines) is 1. The topological polar surface area (TPSA) is 82.7 Å². The van der Waals surface area contributed by atoms with Gasteiger partial charge in [0.25, 0.3) is 0 Å². The standard InChI is InChI=1S/C18H26N4O3/c23-17(20-14-5-2-1-3-6-14)21-15-8-10-22(11-9-15)18(24)19-13-16-7-4-12-25-16/h1-3,5-6,15-16H,4,7-13H2,(H,19,24)(H2,20,21,23). The molecule has 0 saturated carbocycles. The number of rotatable bonds is 4. The number of amides is 4. The van der Waals surface area contributed by atoms with Crippen molar-refractivity contribution < 1.29 is 14.3 Å². The van der Waals surface area contributed by atoms with Crippen LogP contribution in [0.2, 0.25) is 0 Å². The summed E-state index contributed by atoms with van der Waals surface area (Å²) in [7, 11) is 0. The van der Waals surface area contributed by atoms with E-state index in [-0.39, 0.29) is 24.2 Å². The van der Waals surface area contributed by atoms with Gasteiger partial charge in [0.15, 0.2) is 0 Å². The summed E-state index contributed by atoms with van der Waals surface area (Å²) in [5.74, 6) is 0. The highest BCUT2D eigenvalue weighted by atomic mass is 16.5. The average Bonchev–Trinajstić information content (AvgIpc) is 3.14. The molecule has 136 valence electrons. The molecular weight excluding hydrogens is 320 g/mol. The minimum atomic E-state index is -0.201. The smallest absolute Gasteiger partial charge is 0.319 e. The highest BCUT2D eigenvalue weighted by Crippen LogP contribution is 2.13. The van der Waals surface area contributed by atoms with E-state index in [0.717, 1.165) is 38.0 Å². The molecule has 4 amide bonds. The first-order chi connectivity index (χ1) is 12.2. The van der Waals surface area contributed by atoms with Gasteiger partial charge in [-0.15, -0.1) is 0 Å². The Morgan fingerprint density at radius 2 is 1.88 bits per heavy atom. The number of ether oxygens (including phenoxy) is 1. The maximum absolute atomic E-state index is 12.2. The van der Waals surface area contributed by atoms with E-state index in [2.05, 4.69) is 16.0 Å². The predicted octanol–water partition coefficient (Wildman–Crippen LogP) is 2.16. The molecule has 0 spiro atoms. The normalized spacial score (nSPS) is 21.0. The van der Waals surface area contributed by atoms with E-state index < -0.39 is 0 Å². The van der Waals surface area contributed by atoms with Gasteiger partial charge in [0, 0.05) is 38.0 Å². The molecule has 7 nitrogen and oxygen atoms in total. The number of benzene rings is 1. The molecule has 3 rings (SSSR count). The molecule has 0 bridgehead atoms. The molecule has 0 radical (unpaired) electrons. The molecule has 2 aliphatic rings. The molecule has 2 aliphatic heterocycles. The van der Waals surface area contributed by atoms with Crippen molar-refractivity contribution in [2.24, 2.45) is 0 Å². The van der Waals surface area contributed by atoms with Crippen LogP contribution in [0.15, 0.2) is 30.3 Å². The van der Waals surface area contributed by atoms with Gasteiger partial charge in [-0.05, 0) is 37.8 Å². The molecule has 2 heterocycles. The van der Waals surface area contributed by atoms with E-state index in [4.69, 9.17) is 4.74 Å². The van der Waals surface area contributed by atoms with Gasteiger partial charge in [0.05, 0.1) is 6.10 Å². The van der Waals surface area contributed by atoms with Gasteiger partial charge < -0.3 is 25.6 Å². The fraction of sp³-hybridized carbons (Fsp3) is 0.556. The summed E-state index contributed by atoms with van der Waals surface area (Å²) in [5, 5.41) is 8.74. The quantitative estimate of drug-likeness (QED) is 0.781. The van der Waals surface area contributed by atoms with Gasteiger partial charge in [0.1, 0.15) is 0 Å². The molecular formula is C18H26N4O3. The maximum atomic E-state index is 12.2. The monoisotopic (exact) mass is 346 g/mol. The third-order valence-electron chi connectivity index (χ3n) is 4.65. The van der Waals surface area contributed by atoms with E-state index in [1.54, 1.807) is 0 Å². The van der Waals surface area contributed by atoms with Crippen LogP contribution in [-0.4, -0.2) is 55.3 Å². The fourth-order valence-corrected chi connectivity index (χ4v) is 3.22. The summed E-state index contributed by atoms with van der Waals surface area (Å²) >= 11 is 0. The summed E-state index contributed by atoms with van der Waals surface area (Å²) in [4.78, 5) is 26.0. The van der Waals surface area contributed by atoms with E-state index in [1.165, 1.54) is 0 Å². The Kier molecular flexibility index (Phi) is 6.11. The van der Waals surface area contributed by atoms with Crippen LogP contribution < -0.4 is 16.0 Å². The summed E-state index contributed by atoms with van der Waals surface area (Å²) in [6.45, 7) is 2.67. The number of hydrogen-bond acceptors (Lipinski definition) is 3. The lowest BCUT2D eigenvalue weighted by Crippen LogP contribution is -2.50. The lowest BCUT2D eigenvalue weighted by atomic mass is 10.1. The second-order valence-electron chi connectivity index (χ2n) is 6.55. The minimum absolute atomic E-state index is 0.0392. The van der Waals surface area contributed by atoms with Crippen LogP contribution in [0.1, 0.15) is 25.7 Å². The van der Waals surface area contributed by atoms with Crippen LogP contribution in [0.5, 0.6) is 0 Å². The van der Waals surface area contributed by atoms with E-state index >= 15 is 0 Å². The average molecular weight is 346 g/mol. The van der Waals surface area contributed by atoms with Crippen LogP contribution in [0, 0.1) is 0 Å². The van der Waals surface area contributed by atoms with Crippen molar-refractivity contribution >= 4 is 17.7 Å². The molecule has 1 aromatic carbocycles. The Bertz CT molecular complexity index is 567. The molecule has 0 aromatic heterocycles. The number of piperidine rings is 1. The Hall–Kier alpha value is -2.28. The third-order valence-corrected chi connectivity index (χ3v) is 4.65. The van der Waals surface area contributed by atoms with E-state index in [9.17, 15) is 9.59 Å². The number of carbonyl (C=O) groups is 2. The van der Waals surface area contributed by atoms with Crippen molar-refractivity contribution in [1.29, 1.82) is 0 Å². The van der Waals surface area contributed by atoms with Crippen molar-refractivity contribution in [1.82, 2.24) is 15.5 Å². The lowest BCUT2D eigenvalue weighted by molar-refractivity contribution is 0.107. The molecule has 1 unspecified atom stereocenters. The number of anilines is 1. The van der Waals surface area contributed by atoms with Crippen LogP contribution in [0.4, 0.5) is 15.3 Å². The first-order valence-corrected chi connectivity index (χ1v) is 8.97. The zero-order valence-corrected chi connectivity index (χ0v) is 14.4. The predicted molar refractivity (Wildman–Crippen MR) is 95.6 cm³/mol. The number of nitrogens with one attached hydrogen (secondary N) is 3. The van der Waals surface area contributed by atoms with Gasteiger partial charge in [-0.25, -0.2) is 9.59 Å². The van der Waals surface area contributed by atoms with Crippen LogP contribution in [-0.2, 0) is 4.74 Å². The molecule has 2 fully saturated rings. The number of urea groups is 2. The van der Waals surface area contributed by atoms with Crippen molar-refractivity contribution in [3.63, 3.8) is 0 Å². The molecule has 25 heavy (non-hydrogen) atoms. The minimum Gasteiger partial charge on any atom is -0.376 e. The zero-order chi connectivity index (χ0) is 17.5. The van der Waals surface area contributed by atoms with Crippen molar-refractivity contribution in [3.8, 4) is 0 Å². The van der Waals surface area contributed by atoms with Gasteiger partial charge in [-0.2, -0.15) is 0 Å². The fourth-order valence-electron chi connectivity index (χ4n) is 3.22. The summed E-state index contributed by atoms with van der Waals surface area (Å²) in [6.07, 6.45) is 3.76. The first kappa shape index (κ1) is 17.5. The van der Waals surface area contributed by atoms with E-state index in [1.807, 2.05) is 35.2 Å². The summed E-state index contributed by atoms with van der Waals surface area (Å²) in [5.41, 5.74) is 0.769. The molecule has 1 atom stereocenters. The van der Waals surface area contributed by atoms with Crippen LogP contribution in [0.3, 0.4) is 0 Å². The van der Waals surface area contributed by atoms with Gasteiger partial charge in [0.2, 0.25) is 0 Å². The SMILES string of the molecule is O=C(Nc1ccccc1)NC1CCN(C(=O)NCC2CCCO2)CC1. The number of nitrogens with zero attached hydrogens (tertiary/aromatic N) is 1. The van der Waals surface area contributed by atoms with Crippen LogP contribution in [0.25, 0.3) is 0 Å². The third kappa shape index (κ3) is 5.35. The number of para-hydroxylation sites is 1. The van der Waals surface area contributed by atoms with Gasteiger partial charge in [-0.1, -0.05) is 18.2 Å². The lowest BCUT2D eigenvalue weighted by Gasteiger charge is -2.32. The summed E-state index contributed by atoms with van der Waals surface area (Å²) < 4.78 is 5.51. The Morgan fingerprint density at radius 1 is 1.12 bits per heavy atom. The molecule has 3 N–H and O–H groups in total. The zero-order valence-electron chi connectivity index (χ0n) is 14.4. The molecule has 7 heteroatoms. The Balaban J connectivity index is 1.35. The molecule has 2 saturated heterocycles.